The maximum Gasteiger partial charge on any atom is 0.254 e. The summed E-state index contributed by atoms with van der Waals surface area (Å²) in [4.78, 5) is 26.6. The van der Waals surface area contributed by atoms with Crippen molar-refractivity contribution in [3.8, 4) is 0 Å². The van der Waals surface area contributed by atoms with Gasteiger partial charge in [0.25, 0.3) is 11.8 Å². The summed E-state index contributed by atoms with van der Waals surface area (Å²) in [6.07, 6.45) is 2.84. The predicted octanol–water partition coefficient (Wildman–Crippen LogP) is 1.66. The summed E-state index contributed by atoms with van der Waals surface area (Å²) >= 11 is 0. The Hall–Kier alpha value is -1.63. The molecule has 1 aromatic carbocycles. The minimum Gasteiger partial charge on any atom is -0.366 e. The summed E-state index contributed by atoms with van der Waals surface area (Å²) in [6.45, 7) is 3.45. The number of morpholine rings is 1. The SMILES string of the molecule is Cl.O=C(Nc1cccc(C(=O)N2CCCCC2)c1)C1CNCCO1. The van der Waals surface area contributed by atoms with Gasteiger partial charge in [0.2, 0.25) is 0 Å². The van der Waals surface area contributed by atoms with Gasteiger partial charge in [0.15, 0.2) is 0 Å². The van der Waals surface area contributed by atoms with Crippen LogP contribution in [0.25, 0.3) is 0 Å². The standard InChI is InChI=1S/C17H23N3O3.ClH/c21-16(15-12-18-7-10-23-15)19-14-6-4-5-13(11-14)17(22)20-8-2-1-3-9-20;/h4-6,11,15,18H,1-3,7-10,12H2,(H,19,21);1H. The van der Waals surface area contributed by atoms with Gasteiger partial charge in [-0.05, 0) is 37.5 Å². The van der Waals surface area contributed by atoms with Crippen molar-refractivity contribution in [2.24, 2.45) is 0 Å². The third kappa shape index (κ3) is 4.69. The molecule has 2 amide bonds. The van der Waals surface area contributed by atoms with Gasteiger partial charge in [-0.3, -0.25) is 9.59 Å². The van der Waals surface area contributed by atoms with Crippen LogP contribution in [0.5, 0.6) is 0 Å². The van der Waals surface area contributed by atoms with E-state index in [1.165, 1.54) is 6.42 Å². The largest absolute Gasteiger partial charge is 0.366 e. The predicted molar refractivity (Wildman–Crippen MR) is 94.7 cm³/mol. The zero-order valence-corrected chi connectivity index (χ0v) is 14.4. The highest BCUT2D eigenvalue weighted by molar-refractivity contribution is 5.98. The molecule has 2 fully saturated rings. The summed E-state index contributed by atoms with van der Waals surface area (Å²) in [5.74, 6) is -0.142. The van der Waals surface area contributed by atoms with Crippen molar-refractivity contribution in [3.05, 3.63) is 29.8 Å². The average Bonchev–Trinajstić information content (AvgIpc) is 2.63. The van der Waals surface area contributed by atoms with E-state index >= 15 is 0 Å². The first kappa shape index (κ1) is 18.7. The van der Waals surface area contributed by atoms with E-state index in [1.807, 2.05) is 4.90 Å². The molecular formula is C17H24ClN3O3. The lowest BCUT2D eigenvalue weighted by molar-refractivity contribution is -0.128. The number of halogens is 1. The first-order chi connectivity index (χ1) is 11.2. The number of piperidine rings is 1. The molecule has 0 spiro atoms. The van der Waals surface area contributed by atoms with Crippen molar-refractivity contribution in [1.82, 2.24) is 10.2 Å². The second-order valence-electron chi connectivity index (χ2n) is 5.99. The molecule has 0 aromatic heterocycles. The van der Waals surface area contributed by atoms with Crippen LogP contribution in [0.3, 0.4) is 0 Å². The number of nitrogens with zero attached hydrogens (tertiary/aromatic N) is 1. The Kier molecular flexibility index (Phi) is 7.02. The highest BCUT2D eigenvalue weighted by Crippen LogP contribution is 2.17. The molecule has 1 atom stereocenters. The Balaban J connectivity index is 0.00000208. The minimum absolute atomic E-state index is 0. The van der Waals surface area contributed by atoms with Gasteiger partial charge in [-0.2, -0.15) is 0 Å². The first-order valence-corrected chi connectivity index (χ1v) is 8.26. The van der Waals surface area contributed by atoms with Crippen molar-refractivity contribution in [2.75, 3.05) is 38.1 Å². The molecule has 0 radical (unpaired) electrons. The molecule has 2 N–H and O–H groups in total. The Morgan fingerprint density at radius 3 is 2.71 bits per heavy atom. The number of amides is 2. The number of rotatable bonds is 3. The van der Waals surface area contributed by atoms with Crippen LogP contribution in [0.1, 0.15) is 29.6 Å². The van der Waals surface area contributed by atoms with Gasteiger partial charge < -0.3 is 20.3 Å². The van der Waals surface area contributed by atoms with Crippen LogP contribution in [0.15, 0.2) is 24.3 Å². The average molecular weight is 354 g/mol. The van der Waals surface area contributed by atoms with Crippen LogP contribution in [0, 0.1) is 0 Å². The number of likely N-dealkylation sites (tertiary alicyclic amines) is 1. The summed E-state index contributed by atoms with van der Waals surface area (Å²) in [6, 6.07) is 7.13. The van der Waals surface area contributed by atoms with Crippen LogP contribution in [0.4, 0.5) is 5.69 Å². The number of carbonyl (C=O) groups is 2. The normalized spacial score (nSPS) is 20.8. The number of benzene rings is 1. The van der Waals surface area contributed by atoms with Crippen molar-refractivity contribution >= 4 is 29.9 Å². The Bertz CT molecular complexity index is 570. The molecular weight excluding hydrogens is 330 g/mol. The second-order valence-corrected chi connectivity index (χ2v) is 5.99. The highest BCUT2D eigenvalue weighted by Gasteiger charge is 2.22. The molecule has 0 bridgehead atoms. The molecule has 7 heteroatoms. The molecule has 2 aliphatic heterocycles. The number of ether oxygens (including phenoxy) is 1. The van der Waals surface area contributed by atoms with E-state index in [0.717, 1.165) is 32.5 Å². The quantitative estimate of drug-likeness (QED) is 0.867. The monoisotopic (exact) mass is 353 g/mol. The van der Waals surface area contributed by atoms with Crippen LogP contribution in [-0.4, -0.2) is 55.6 Å². The van der Waals surface area contributed by atoms with Gasteiger partial charge in [-0.15, -0.1) is 12.4 Å². The lowest BCUT2D eigenvalue weighted by Gasteiger charge is -2.27. The van der Waals surface area contributed by atoms with Crippen LogP contribution in [-0.2, 0) is 9.53 Å². The molecule has 0 aliphatic carbocycles. The summed E-state index contributed by atoms with van der Waals surface area (Å²) in [5, 5.41) is 5.96. The van der Waals surface area contributed by atoms with Gasteiger partial charge in [0.05, 0.1) is 6.61 Å². The fourth-order valence-corrected chi connectivity index (χ4v) is 2.97. The van der Waals surface area contributed by atoms with Gasteiger partial charge in [-0.25, -0.2) is 0 Å². The van der Waals surface area contributed by atoms with E-state index in [9.17, 15) is 9.59 Å². The highest BCUT2D eigenvalue weighted by atomic mass is 35.5. The second kappa shape index (κ2) is 9.01. The zero-order chi connectivity index (χ0) is 16.1. The third-order valence-electron chi connectivity index (χ3n) is 4.24. The zero-order valence-electron chi connectivity index (χ0n) is 13.6. The van der Waals surface area contributed by atoms with Gasteiger partial charge >= 0.3 is 0 Å². The van der Waals surface area contributed by atoms with E-state index in [-0.39, 0.29) is 24.2 Å². The van der Waals surface area contributed by atoms with E-state index in [4.69, 9.17) is 4.74 Å². The van der Waals surface area contributed by atoms with Crippen molar-refractivity contribution in [3.63, 3.8) is 0 Å². The number of anilines is 1. The Labute approximate surface area is 148 Å². The molecule has 1 aromatic rings. The topological polar surface area (TPSA) is 70.7 Å². The number of nitrogens with one attached hydrogen (secondary N) is 2. The maximum atomic E-state index is 12.5. The molecule has 2 aliphatic rings. The molecule has 24 heavy (non-hydrogen) atoms. The fourth-order valence-electron chi connectivity index (χ4n) is 2.97. The molecule has 3 rings (SSSR count). The molecule has 1 unspecified atom stereocenters. The number of hydrogen-bond donors (Lipinski definition) is 2. The van der Waals surface area contributed by atoms with Crippen LogP contribution in [0.2, 0.25) is 0 Å². The number of hydrogen-bond acceptors (Lipinski definition) is 4. The summed E-state index contributed by atoms with van der Waals surface area (Å²) in [7, 11) is 0. The molecule has 2 heterocycles. The van der Waals surface area contributed by atoms with Gasteiger partial charge in [0.1, 0.15) is 6.10 Å². The van der Waals surface area contributed by atoms with Crippen molar-refractivity contribution in [1.29, 1.82) is 0 Å². The van der Waals surface area contributed by atoms with E-state index in [1.54, 1.807) is 24.3 Å². The smallest absolute Gasteiger partial charge is 0.254 e. The molecule has 2 saturated heterocycles. The lowest BCUT2D eigenvalue weighted by Crippen LogP contribution is -2.45. The summed E-state index contributed by atoms with van der Waals surface area (Å²) in [5.41, 5.74) is 1.25. The molecule has 6 nitrogen and oxygen atoms in total. The van der Waals surface area contributed by atoms with E-state index in [0.29, 0.717) is 24.4 Å². The maximum absolute atomic E-state index is 12.5. The lowest BCUT2D eigenvalue weighted by atomic mass is 10.1. The molecule has 132 valence electrons. The van der Waals surface area contributed by atoms with Crippen molar-refractivity contribution < 1.29 is 14.3 Å². The Morgan fingerprint density at radius 1 is 1.21 bits per heavy atom. The minimum atomic E-state index is -0.481. The van der Waals surface area contributed by atoms with Crippen LogP contribution < -0.4 is 10.6 Å². The third-order valence-corrected chi connectivity index (χ3v) is 4.24. The van der Waals surface area contributed by atoms with Crippen molar-refractivity contribution in [2.45, 2.75) is 25.4 Å². The van der Waals surface area contributed by atoms with Crippen LogP contribution >= 0.6 is 12.4 Å². The van der Waals surface area contributed by atoms with E-state index in [2.05, 4.69) is 10.6 Å². The van der Waals surface area contributed by atoms with E-state index < -0.39 is 6.10 Å². The molecule has 0 saturated carbocycles. The fraction of sp³-hybridized carbons (Fsp3) is 0.529. The first-order valence-electron chi connectivity index (χ1n) is 8.26. The summed E-state index contributed by atoms with van der Waals surface area (Å²) < 4.78 is 5.44. The van der Waals surface area contributed by atoms with Gasteiger partial charge in [0, 0.05) is 37.4 Å². The number of carbonyl (C=O) groups excluding carboxylic acids is 2. The Morgan fingerprint density at radius 2 is 2.00 bits per heavy atom. The van der Waals surface area contributed by atoms with Gasteiger partial charge in [-0.1, -0.05) is 6.07 Å².